The lowest BCUT2D eigenvalue weighted by atomic mass is 9.93. The minimum atomic E-state index is 0.0493. The van der Waals surface area contributed by atoms with E-state index in [0.717, 1.165) is 19.5 Å². The maximum absolute atomic E-state index is 12.5. The fraction of sp³-hybridized carbons (Fsp3) is 0.875. The molecule has 5 heteroatoms. The highest BCUT2D eigenvalue weighted by atomic mass is 16.5. The molecule has 2 atom stereocenters. The van der Waals surface area contributed by atoms with Crippen LogP contribution in [0.25, 0.3) is 0 Å². The van der Waals surface area contributed by atoms with Crippen molar-refractivity contribution in [3.8, 4) is 0 Å². The zero-order valence-corrected chi connectivity index (χ0v) is 12.9. The number of likely N-dealkylation sites (tertiary alicyclic amines) is 1. The second-order valence-corrected chi connectivity index (χ2v) is 6.87. The van der Waals surface area contributed by atoms with Crippen LogP contribution in [0.3, 0.4) is 0 Å². The first kappa shape index (κ1) is 14.8. The fourth-order valence-corrected chi connectivity index (χ4v) is 3.96. The summed E-state index contributed by atoms with van der Waals surface area (Å²) in [6.45, 7) is 2.42. The summed E-state index contributed by atoms with van der Waals surface area (Å²) in [5.41, 5.74) is 0. The van der Waals surface area contributed by atoms with Gasteiger partial charge < -0.3 is 14.5 Å². The van der Waals surface area contributed by atoms with Crippen LogP contribution in [0.5, 0.6) is 0 Å². The summed E-state index contributed by atoms with van der Waals surface area (Å²) >= 11 is 0. The quantitative estimate of drug-likeness (QED) is 0.771. The molecule has 0 bridgehead atoms. The molecular formula is C16H26N2O3. The summed E-state index contributed by atoms with van der Waals surface area (Å²) in [7, 11) is 1.83. The molecule has 2 saturated heterocycles. The highest BCUT2D eigenvalue weighted by molar-refractivity contribution is 5.78. The van der Waals surface area contributed by atoms with Crippen LogP contribution in [0.1, 0.15) is 38.5 Å². The molecule has 2 aliphatic heterocycles. The van der Waals surface area contributed by atoms with Crippen molar-refractivity contribution in [1.82, 2.24) is 9.80 Å². The zero-order valence-electron chi connectivity index (χ0n) is 12.9. The van der Waals surface area contributed by atoms with Gasteiger partial charge in [0.2, 0.25) is 11.8 Å². The summed E-state index contributed by atoms with van der Waals surface area (Å²) in [5, 5.41) is 0. The zero-order chi connectivity index (χ0) is 14.8. The van der Waals surface area contributed by atoms with Gasteiger partial charge in [-0.05, 0) is 25.2 Å². The summed E-state index contributed by atoms with van der Waals surface area (Å²) in [6.07, 6.45) is 6.70. The number of ether oxygens (including phenoxy) is 1. The van der Waals surface area contributed by atoms with Crippen LogP contribution >= 0.6 is 0 Å². The Labute approximate surface area is 126 Å². The van der Waals surface area contributed by atoms with Crippen molar-refractivity contribution in [3.05, 3.63) is 0 Å². The van der Waals surface area contributed by atoms with E-state index in [4.69, 9.17) is 4.74 Å². The molecule has 0 N–H and O–H groups in total. The van der Waals surface area contributed by atoms with Crippen molar-refractivity contribution in [2.24, 2.45) is 11.8 Å². The van der Waals surface area contributed by atoms with Gasteiger partial charge in [-0.15, -0.1) is 0 Å². The minimum Gasteiger partial charge on any atom is -0.368 e. The van der Waals surface area contributed by atoms with Crippen LogP contribution in [-0.2, 0) is 14.3 Å². The molecule has 0 radical (unpaired) electrons. The molecule has 3 rings (SSSR count). The average molecular weight is 294 g/mol. The smallest absolute Gasteiger partial charge is 0.248 e. The number of piperidine rings is 1. The first-order valence-electron chi connectivity index (χ1n) is 8.27. The van der Waals surface area contributed by atoms with Crippen LogP contribution in [0.2, 0.25) is 0 Å². The van der Waals surface area contributed by atoms with Crippen LogP contribution in [0.15, 0.2) is 0 Å². The molecule has 3 fully saturated rings. The lowest BCUT2D eigenvalue weighted by Crippen LogP contribution is -2.49. The van der Waals surface area contributed by atoms with Crippen LogP contribution < -0.4 is 0 Å². The van der Waals surface area contributed by atoms with Gasteiger partial charge in [-0.1, -0.05) is 12.8 Å². The standard InChI is InChI=1S/C16H26N2O3/c1-17-9-13-10-18(7-6-14(13)21-11-16(17)20)15(19)8-12-4-2-3-5-12/h12-14H,2-11H2,1H3/t13-,14-/m0/s1. The van der Waals surface area contributed by atoms with E-state index in [0.29, 0.717) is 24.8 Å². The Bertz CT molecular complexity index is 406. The highest BCUT2D eigenvalue weighted by Crippen LogP contribution is 2.30. The number of amides is 2. The molecule has 118 valence electrons. The summed E-state index contributed by atoms with van der Waals surface area (Å²) in [5.74, 6) is 1.22. The van der Waals surface area contributed by atoms with E-state index < -0.39 is 0 Å². The third kappa shape index (κ3) is 3.39. The number of likely N-dealkylation sites (N-methyl/N-ethyl adjacent to an activating group) is 1. The Morgan fingerprint density at radius 1 is 1.24 bits per heavy atom. The Kier molecular flexibility index (Phi) is 4.48. The van der Waals surface area contributed by atoms with E-state index in [1.54, 1.807) is 4.90 Å². The molecule has 21 heavy (non-hydrogen) atoms. The molecule has 2 heterocycles. The maximum atomic E-state index is 12.5. The Hall–Kier alpha value is -1.10. The molecule has 3 aliphatic rings. The van der Waals surface area contributed by atoms with E-state index in [9.17, 15) is 9.59 Å². The first-order valence-corrected chi connectivity index (χ1v) is 8.27. The van der Waals surface area contributed by atoms with Crippen LogP contribution in [-0.4, -0.2) is 61.0 Å². The van der Waals surface area contributed by atoms with E-state index in [1.165, 1.54) is 25.7 Å². The molecule has 0 aromatic rings. The molecule has 1 saturated carbocycles. The molecule has 2 amide bonds. The lowest BCUT2D eigenvalue weighted by molar-refractivity contribution is -0.138. The summed E-state index contributed by atoms with van der Waals surface area (Å²) in [4.78, 5) is 27.9. The van der Waals surface area contributed by atoms with Crippen LogP contribution in [0.4, 0.5) is 0 Å². The van der Waals surface area contributed by atoms with E-state index in [2.05, 4.69) is 0 Å². The number of nitrogens with zero attached hydrogens (tertiary/aromatic N) is 2. The Morgan fingerprint density at radius 2 is 2.00 bits per heavy atom. The van der Waals surface area contributed by atoms with Gasteiger partial charge in [-0.2, -0.15) is 0 Å². The predicted molar refractivity (Wildman–Crippen MR) is 78.6 cm³/mol. The van der Waals surface area contributed by atoms with Gasteiger partial charge in [0, 0.05) is 39.0 Å². The van der Waals surface area contributed by atoms with Gasteiger partial charge in [-0.25, -0.2) is 0 Å². The molecule has 0 unspecified atom stereocenters. The number of hydrogen-bond acceptors (Lipinski definition) is 3. The molecular weight excluding hydrogens is 268 g/mol. The van der Waals surface area contributed by atoms with Crippen molar-refractivity contribution in [3.63, 3.8) is 0 Å². The maximum Gasteiger partial charge on any atom is 0.248 e. The topological polar surface area (TPSA) is 49.9 Å². The molecule has 0 aromatic carbocycles. The molecule has 0 spiro atoms. The van der Waals surface area contributed by atoms with Crippen molar-refractivity contribution >= 4 is 11.8 Å². The fourth-order valence-electron chi connectivity index (χ4n) is 3.96. The Morgan fingerprint density at radius 3 is 2.76 bits per heavy atom. The molecule has 1 aliphatic carbocycles. The number of rotatable bonds is 2. The predicted octanol–water partition coefficient (Wildman–Crippen LogP) is 1.27. The minimum absolute atomic E-state index is 0.0493. The Balaban J connectivity index is 1.57. The van der Waals surface area contributed by atoms with Crippen molar-refractivity contribution in [1.29, 1.82) is 0 Å². The van der Waals surface area contributed by atoms with Gasteiger partial charge in [0.05, 0.1) is 6.10 Å². The average Bonchev–Trinajstić information content (AvgIpc) is 2.93. The molecule has 5 nitrogen and oxygen atoms in total. The third-order valence-electron chi connectivity index (χ3n) is 5.31. The second-order valence-electron chi connectivity index (χ2n) is 6.87. The number of carbonyl (C=O) groups excluding carboxylic acids is 2. The van der Waals surface area contributed by atoms with Crippen molar-refractivity contribution < 1.29 is 14.3 Å². The molecule has 0 aromatic heterocycles. The summed E-state index contributed by atoms with van der Waals surface area (Å²) in [6, 6.07) is 0. The largest absolute Gasteiger partial charge is 0.368 e. The second kappa shape index (κ2) is 6.34. The van der Waals surface area contributed by atoms with E-state index in [1.807, 2.05) is 11.9 Å². The normalized spacial score (nSPS) is 31.2. The van der Waals surface area contributed by atoms with Gasteiger partial charge in [-0.3, -0.25) is 9.59 Å². The number of fused-ring (bicyclic) bond motifs is 1. The monoisotopic (exact) mass is 294 g/mol. The first-order chi connectivity index (χ1) is 10.1. The SMILES string of the molecule is CN1C[C@H]2CN(C(=O)CC3CCCC3)CC[C@@H]2OCC1=O. The van der Waals surface area contributed by atoms with Gasteiger partial charge in [0.15, 0.2) is 0 Å². The van der Waals surface area contributed by atoms with Crippen LogP contribution in [0, 0.1) is 11.8 Å². The lowest BCUT2D eigenvalue weighted by Gasteiger charge is -2.38. The third-order valence-corrected chi connectivity index (χ3v) is 5.31. The van der Waals surface area contributed by atoms with Gasteiger partial charge in [0.25, 0.3) is 0 Å². The van der Waals surface area contributed by atoms with Gasteiger partial charge in [0.1, 0.15) is 6.61 Å². The number of hydrogen-bond donors (Lipinski definition) is 0. The number of carbonyl (C=O) groups is 2. The van der Waals surface area contributed by atoms with E-state index >= 15 is 0 Å². The highest BCUT2D eigenvalue weighted by Gasteiger charge is 2.36. The van der Waals surface area contributed by atoms with E-state index in [-0.39, 0.29) is 24.5 Å². The van der Waals surface area contributed by atoms with Gasteiger partial charge >= 0.3 is 0 Å². The van der Waals surface area contributed by atoms with Crippen molar-refractivity contribution in [2.75, 3.05) is 33.3 Å². The van der Waals surface area contributed by atoms with Crippen molar-refractivity contribution in [2.45, 2.75) is 44.6 Å². The summed E-state index contributed by atoms with van der Waals surface area (Å²) < 4.78 is 5.72.